The molecule has 4 aromatic carbocycles. The number of ketones is 2. The summed E-state index contributed by atoms with van der Waals surface area (Å²) in [4.78, 5) is 27.9. The van der Waals surface area contributed by atoms with Crippen LogP contribution in [0.15, 0.2) is 60.7 Å². The fourth-order valence-corrected chi connectivity index (χ4v) is 4.71. The van der Waals surface area contributed by atoms with Gasteiger partial charge < -0.3 is 9.47 Å². The van der Waals surface area contributed by atoms with Gasteiger partial charge in [-0.25, -0.2) is 0 Å². The first kappa shape index (κ1) is 23.5. The number of benzene rings is 4. The molecule has 4 aromatic rings. The maximum Gasteiger partial charge on any atom is 0.197 e. The Morgan fingerprint density at radius 1 is 0.676 bits per heavy atom. The summed E-state index contributed by atoms with van der Waals surface area (Å²) in [7, 11) is 3.03. The highest BCUT2D eigenvalue weighted by Crippen LogP contribution is 2.38. The van der Waals surface area contributed by atoms with Crippen molar-refractivity contribution in [2.45, 2.75) is 20.8 Å². The van der Waals surface area contributed by atoms with Gasteiger partial charge in [0, 0.05) is 21.5 Å². The summed E-state index contributed by atoms with van der Waals surface area (Å²) in [6.07, 6.45) is 0. The van der Waals surface area contributed by atoms with Gasteiger partial charge in [0.1, 0.15) is 11.5 Å². The van der Waals surface area contributed by atoms with Gasteiger partial charge in [0.2, 0.25) is 0 Å². The Labute approximate surface area is 204 Å². The molecule has 0 radical (unpaired) electrons. The number of aryl methyl sites for hydroxylation is 3. The number of hydrogen-bond acceptors (Lipinski definition) is 4. The summed E-state index contributed by atoms with van der Waals surface area (Å²) >= 11 is 6.03. The molecule has 4 nitrogen and oxygen atoms in total. The molecule has 0 saturated carbocycles. The minimum absolute atomic E-state index is 0.198. The first-order chi connectivity index (χ1) is 16.3. The highest BCUT2D eigenvalue weighted by atomic mass is 35.5. The molecule has 172 valence electrons. The average molecular weight is 473 g/mol. The van der Waals surface area contributed by atoms with Crippen molar-refractivity contribution >= 4 is 33.9 Å². The molecular weight excluding hydrogens is 448 g/mol. The third-order valence-electron chi connectivity index (χ3n) is 6.01. The maximum atomic E-state index is 14.1. The zero-order chi connectivity index (χ0) is 24.6. The van der Waals surface area contributed by atoms with Crippen molar-refractivity contribution in [1.29, 1.82) is 0 Å². The fourth-order valence-electron chi connectivity index (χ4n) is 4.58. The van der Waals surface area contributed by atoms with E-state index in [0.29, 0.717) is 44.2 Å². The van der Waals surface area contributed by atoms with Crippen molar-refractivity contribution in [3.05, 3.63) is 105 Å². The highest BCUT2D eigenvalue weighted by Gasteiger charge is 2.27. The third kappa shape index (κ3) is 4.06. The second kappa shape index (κ2) is 9.32. The number of carbonyl (C=O) groups excluding carboxylic acids is 2. The standard InChI is InChI=1S/C29H25ClO4/c1-16-14-17(2)24(18(3)15-16)29(32)27-23(34-5)13-9-19-8-12-22(33-4)26(25(19)27)28(31)20-6-10-21(30)11-7-20/h6-15H,1-5H3. The van der Waals surface area contributed by atoms with E-state index in [1.54, 1.807) is 36.4 Å². The van der Waals surface area contributed by atoms with Gasteiger partial charge in [0.05, 0.1) is 25.3 Å². The molecule has 0 unspecified atom stereocenters. The highest BCUT2D eigenvalue weighted by molar-refractivity contribution is 6.31. The van der Waals surface area contributed by atoms with Gasteiger partial charge in [0.25, 0.3) is 0 Å². The number of ether oxygens (including phenoxy) is 2. The Hall–Kier alpha value is -3.63. The Morgan fingerprint density at radius 3 is 1.68 bits per heavy atom. The van der Waals surface area contributed by atoms with Gasteiger partial charge in [-0.2, -0.15) is 0 Å². The summed E-state index contributed by atoms with van der Waals surface area (Å²) in [6.45, 7) is 5.84. The summed E-state index contributed by atoms with van der Waals surface area (Å²) in [5, 5.41) is 1.77. The zero-order valence-electron chi connectivity index (χ0n) is 19.8. The van der Waals surface area contributed by atoms with E-state index in [0.717, 1.165) is 22.1 Å². The van der Waals surface area contributed by atoms with Crippen LogP contribution in [0.5, 0.6) is 11.5 Å². The van der Waals surface area contributed by atoms with Crippen LogP contribution in [0.3, 0.4) is 0 Å². The topological polar surface area (TPSA) is 52.6 Å². The van der Waals surface area contributed by atoms with Crippen LogP contribution in [0, 0.1) is 20.8 Å². The van der Waals surface area contributed by atoms with Gasteiger partial charge >= 0.3 is 0 Å². The molecule has 0 aromatic heterocycles. The second-order valence-electron chi connectivity index (χ2n) is 8.32. The van der Waals surface area contributed by atoms with E-state index in [4.69, 9.17) is 21.1 Å². The van der Waals surface area contributed by atoms with Crippen molar-refractivity contribution in [1.82, 2.24) is 0 Å². The van der Waals surface area contributed by atoms with Crippen molar-refractivity contribution in [2.24, 2.45) is 0 Å². The predicted octanol–water partition coefficient (Wildman–Crippen LogP) is 6.90. The molecule has 0 bridgehead atoms. The SMILES string of the molecule is COc1ccc2ccc(OC)c(C(=O)c3c(C)cc(C)cc3C)c2c1C(=O)c1ccc(Cl)cc1. The van der Waals surface area contributed by atoms with Crippen LogP contribution in [0.2, 0.25) is 5.02 Å². The molecule has 34 heavy (non-hydrogen) atoms. The number of halogens is 1. The number of fused-ring (bicyclic) bond motifs is 1. The molecule has 0 N–H and O–H groups in total. The smallest absolute Gasteiger partial charge is 0.197 e. The Morgan fingerprint density at radius 2 is 1.18 bits per heavy atom. The fraction of sp³-hybridized carbons (Fsp3) is 0.172. The summed E-state index contributed by atoms with van der Waals surface area (Å²) in [5.74, 6) is 0.317. The first-order valence-electron chi connectivity index (χ1n) is 10.9. The lowest BCUT2D eigenvalue weighted by molar-refractivity contribution is 0.103. The Kier molecular flexibility index (Phi) is 6.45. The Balaban J connectivity index is 2.09. The lowest BCUT2D eigenvalue weighted by Gasteiger charge is -2.18. The first-order valence-corrected chi connectivity index (χ1v) is 11.2. The van der Waals surface area contributed by atoms with Crippen molar-refractivity contribution in [3.63, 3.8) is 0 Å². The third-order valence-corrected chi connectivity index (χ3v) is 6.27. The molecule has 0 atom stereocenters. The van der Waals surface area contributed by atoms with E-state index in [9.17, 15) is 9.59 Å². The normalized spacial score (nSPS) is 10.9. The molecule has 0 fully saturated rings. The number of methoxy groups -OCH3 is 2. The summed E-state index contributed by atoms with van der Waals surface area (Å²) < 4.78 is 11.2. The number of carbonyl (C=O) groups is 2. The van der Waals surface area contributed by atoms with E-state index >= 15 is 0 Å². The van der Waals surface area contributed by atoms with Crippen LogP contribution in [0.25, 0.3) is 10.8 Å². The van der Waals surface area contributed by atoms with Gasteiger partial charge in [-0.3, -0.25) is 9.59 Å². The van der Waals surface area contributed by atoms with Crippen LogP contribution in [-0.4, -0.2) is 25.8 Å². The molecule has 0 amide bonds. The minimum Gasteiger partial charge on any atom is -0.496 e. The van der Waals surface area contributed by atoms with Crippen molar-refractivity contribution in [3.8, 4) is 11.5 Å². The molecule has 0 spiro atoms. The zero-order valence-corrected chi connectivity index (χ0v) is 20.5. The lowest BCUT2D eigenvalue weighted by Crippen LogP contribution is -2.12. The van der Waals surface area contributed by atoms with Crippen LogP contribution in [0.4, 0.5) is 0 Å². The predicted molar refractivity (Wildman–Crippen MR) is 136 cm³/mol. The number of rotatable bonds is 6. The summed E-state index contributed by atoms with van der Waals surface area (Å²) in [6, 6.07) is 17.8. The van der Waals surface area contributed by atoms with Crippen LogP contribution in [0.1, 0.15) is 48.5 Å². The van der Waals surface area contributed by atoms with E-state index in [1.165, 1.54) is 14.2 Å². The quantitative estimate of drug-likeness (QED) is 0.286. The molecular formula is C29H25ClO4. The molecule has 0 heterocycles. The number of hydrogen-bond donors (Lipinski definition) is 0. The van der Waals surface area contributed by atoms with E-state index < -0.39 is 0 Å². The van der Waals surface area contributed by atoms with Crippen LogP contribution in [-0.2, 0) is 0 Å². The molecule has 4 rings (SSSR count). The Bertz CT molecular complexity index is 1410. The van der Waals surface area contributed by atoms with Crippen molar-refractivity contribution < 1.29 is 19.1 Å². The molecule has 0 aliphatic carbocycles. The van der Waals surface area contributed by atoms with E-state index in [1.807, 2.05) is 45.0 Å². The van der Waals surface area contributed by atoms with E-state index in [-0.39, 0.29) is 11.6 Å². The monoisotopic (exact) mass is 472 g/mol. The van der Waals surface area contributed by atoms with Gasteiger partial charge in [-0.05, 0) is 73.7 Å². The van der Waals surface area contributed by atoms with Crippen molar-refractivity contribution in [2.75, 3.05) is 14.2 Å². The van der Waals surface area contributed by atoms with Crippen LogP contribution >= 0.6 is 11.6 Å². The molecule has 5 heteroatoms. The van der Waals surface area contributed by atoms with Gasteiger partial charge in [0.15, 0.2) is 11.6 Å². The lowest BCUT2D eigenvalue weighted by atomic mass is 9.87. The van der Waals surface area contributed by atoms with Gasteiger partial charge in [-0.1, -0.05) is 41.4 Å². The summed E-state index contributed by atoms with van der Waals surface area (Å²) in [5.41, 5.74) is 4.52. The van der Waals surface area contributed by atoms with E-state index in [2.05, 4.69) is 0 Å². The largest absolute Gasteiger partial charge is 0.496 e. The maximum absolute atomic E-state index is 14.1. The van der Waals surface area contributed by atoms with Gasteiger partial charge in [-0.15, -0.1) is 0 Å². The van der Waals surface area contributed by atoms with Crippen LogP contribution < -0.4 is 9.47 Å². The molecule has 0 aliphatic rings. The molecule has 0 saturated heterocycles. The second-order valence-corrected chi connectivity index (χ2v) is 8.76. The average Bonchev–Trinajstić information content (AvgIpc) is 2.81. The molecule has 0 aliphatic heterocycles. The minimum atomic E-state index is -0.265.